The minimum absolute atomic E-state index is 0.277. The van der Waals surface area contributed by atoms with Crippen LogP contribution in [0, 0.1) is 0 Å². The smallest absolute Gasteiger partial charge is 0.279 e. The van der Waals surface area contributed by atoms with Gasteiger partial charge in [-0.2, -0.15) is 0 Å². The summed E-state index contributed by atoms with van der Waals surface area (Å²) in [7, 11) is 3.06. The third-order valence-corrected chi connectivity index (χ3v) is 4.24. The van der Waals surface area contributed by atoms with Crippen molar-refractivity contribution in [2.75, 3.05) is 14.2 Å². The highest BCUT2D eigenvalue weighted by molar-refractivity contribution is 6.35. The number of ether oxygens (including phenoxy) is 3. The van der Waals surface area contributed by atoms with Crippen LogP contribution in [0.5, 0.6) is 17.2 Å². The van der Waals surface area contributed by atoms with Gasteiger partial charge in [0.05, 0.1) is 19.2 Å². The van der Waals surface area contributed by atoms with E-state index in [-0.39, 0.29) is 5.02 Å². The van der Waals surface area contributed by atoms with E-state index in [1.165, 1.54) is 33.3 Å². The Bertz CT molecular complexity index is 918. The van der Waals surface area contributed by atoms with E-state index in [0.717, 1.165) is 5.56 Å². The van der Waals surface area contributed by atoms with Crippen molar-refractivity contribution in [2.45, 2.75) is 13.0 Å². The first kappa shape index (κ1) is 22.4. The number of methoxy groups -OCH3 is 2. The highest BCUT2D eigenvalue weighted by atomic mass is 35.5. The molecule has 0 aliphatic heterocycles. The van der Waals surface area contributed by atoms with Crippen molar-refractivity contribution in [3.63, 3.8) is 0 Å². The zero-order chi connectivity index (χ0) is 21.4. The monoisotopic (exact) mass is 438 g/mol. The molecule has 0 bridgehead atoms. The Labute approximate surface area is 178 Å². The van der Waals surface area contributed by atoms with Crippen LogP contribution in [0.25, 0.3) is 6.08 Å². The van der Waals surface area contributed by atoms with Gasteiger partial charge in [0.2, 0.25) is 0 Å². The molecule has 1 unspecified atom stereocenters. The van der Waals surface area contributed by atoms with E-state index in [9.17, 15) is 9.59 Å². The molecule has 1 atom stereocenters. The summed E-state index contributed by atoms with van der Waals surface area (Å²) in [5.74, 6) is 0.346. The number of carbonyl (C=O) groups excluding carboxylic acids is 2. The number of amides is 2. The van der Waals surface area contributed by atoms with Gasteiger partial charge in [0.15, 0.2) is 17.6 Å². The molecular weight excluding hydrogens is 419 g/mol. The van der Waals surface area contributed by atoms with Gasteiger partial charge in [-0.25, -0.2) is 0 Å². The third-order valence-electron chi connectivity index (χ3n) is 3.71. The standard InChI is InChI=1S/C20H20Cl2N2O5/c1-12(29-16-8-6-14(21)11-15(16)22)20(26)24-23-19(25)9-5-13-4-7-17(27-2)18(10-13)28-3/h4-12H,1-3H3,(H,23,25)(H,24,26). The fourth-order valence-electron chi connectivity index (χ4n) is 2.21. The lowest BCUT2D eigenvalue weighted by Crippen LogP contribution is -2.46. The molecule has 0 spiro atoms. The molecule has 0 fully saturated rings. The van der Waals surface area contributed by atoms with Gasteiger partial charge in [-0.1, -0.05) is 29.3 Å². The average molecular weight is 439 g/mol. The van der Waals surface area contributed by atoms with Crippen molar-refractivity contribution in [3.05, 3.63) is 58.1 Å². The van der Waals surface area contributed by atoms with Crippen molar-refractivity contribution in [1.82, 2.24) is 10.9 Å². The second-order valence-corrected chi connectivity index (χ2v) is 6.60. The van der Waals surface area contributed by atoms with Crippen LogP contribution in [-0.2, 0) is 9.59 Å². The van der Waals surface area contributed by atoms with Gasteiger partial charge < -0.3 is 14.2 Å². The van der Waals surface area contributed by atoms with Gasteiger partial charge in [0, 0.05) is 11.1 Å². The van der Waals surface area contributed by atoms with Gasteiger partial charge in [-0.15, -0.1) is 0 Å². The SMILES string of the molecule is COc1ccc(C=CC(=O)NNC(=O)C(C)Oc2ccc(Cl)cc2Cl)cc1OC. The van der Waals surface area contributed by atoms with E-state index in [4.69, 9.17) is 37.4 Å². The molecule has 2 amide bonds. The Morgan fingerprint density at radius 1 is 0.966 bits per heavy atom. The summed E-state index contributed by atoms with van der Waals surface area (Å²) in [5.41, 5.74) is 5.28. The van der Waals surface area contributed by atoms with E-state index < -0.39 is 17.9 Å². The van der Waals surface area contributed by atoms with E-state index in [1.54, 1.807) is 36.4 Å². The maximum atomic E-state index is 12.1. The van der Waals surface area contributed by atoms with Crippen LogP contribution in [0.3, 0.4) is 0 Å². The Morgan fingerprint density at radius 3 is 2.31 bits per heavy atom. The average Bonchev–Trinajstić information content (AvgIpc) is 2.71. The highest BCUT2D eigenvalue weighted by Gasteiger charge is 2.16. The molecule has 9 heteroatoms. The summed E-state index contributed by atoms with van der Waals surface area (Å²) in [6, 6.07) is 9.85. The zero-order valence-electron chi connectivity index (χ0n) is 16.0. The topological polar surface area (TPSA) is 85.9 Å². The second kappa shape index (κ2) is 10.6. The van der Waals surface area contributed by atoms with Gasteiger partial charge >= 0.3 is 0 Å². The molecule has 7 nitrogen and oxygen atoms in total. The van der Waals surface area contributed by atoms with E-state index in [2.05, 4.69) is 10.9 Å². The van der Waals surface area contributed by atoms with Crippen LogP contribution >= 0.6 is 23.2 Å². The molecule has 29 heavy (non-hydrogen) atoms. The van der Waals surface area contributed by atoms with Crippen molar-refractivity contribution >= 4 is 41.1 Å². The maximum Gasteiger partial charge on any atom is 0.279 e. The Hall–Kier alpha value is -2.90. The molecule has 0 aliphatic carbocycles. The summed E-state index contributed by atoms with van der Waals surface area (Å²) in [6.45, 7) is 1.52. The van der Waals surface area contributed by atoms with Gasteiger partial charge in [-0.3, -0.25) is 20.4 Å². The Balaban J connectivity index is 1.87. The van der Waals surface area contributed by atoms with E-state index in [0.29, 0.717) is 22.3 Å². The quantitative estimate of drug-likeness (QED) is 0.508. The normalized spacial score (nSPS) is 11.6. The molecule has 2 aromatic rings. The van der Waals surface area contributed by atoms with Crippen LogP contribution in [0.2, 0.25) is 10.0 Å². The number of nitrogens with one attached hydrogen (secondary N) is 2. The van der Waals surface area contributed by atoms with Crippen LogP contribution in [0.15, 0.2) is 42.5 Å². The van der Waals surface area contributed by atoms with Crippen molar-refractivity contribution < 1.29 is 23.8 Å². The minimum Gasteiger partial charge on any atom is -0.493 e. The molecule has 0 aromatic heterocycles. The lowest BCUT2D eigenvalue weighted by molar-refractivity contribution is -0.131. The summed E-state index contributed by atoms with van der Waals surface area (Å²) < 4.78 is 15.8. The lowest BCUT2D eigenvalue weighted by Gasteiger charge is -2.15. The van der Waals surface area contributed by atoms with Crippen LogP contribution in [0.1, 0.15) is 12.5 Å². The molecule has 2 rings (SSSR count). The number of carbonyl (C=O) groups is 2. The lowest BCUT2D eigenvalue weighted by atomic mass is 10.2. The first-order valence-corrected chi connectivity index (χ1v) is 9.21. The molecule has 0 heterocycles. The maximum absolute atomic E-state index is 12.1. The second-order valence-electron chi connectivity index (χ2n) is 5.76. The number of hydrogen-bond acceptors (Lipinski definition) is 5. The number of hydrazine groups is 1. The number of benzene rings is 2. The largest absolute Gasteiger partial charge is 0.493 e. The molecule has 154 valence electrons. The molecule has 0 aliphatic rings. The minimum atomic E-state index is -0.899. The highest BCUT2D eigenvalue weighted by Crippen LogP contribution is 2.29. The number of hydrogen-bond donors (Lipinski definition) is 2. The number of rotatable bonds is 7. The fraction of sp³-hybridized carbons (Fsp3) is 0.200. The van der Waals surface area contributed by atoms with Gasteiger partial charge in [0.1, 0.15) is 5.75 Å². The zero-order valence-corrected chi connectivity index (χ0v) is 17.5. The Morgan fingerprint density at radius 2 is 1.66 bits per heavy atom. The molecular formula is C20H20Cl2N2O5. The first-order chi connectivity index (χ1) is 13.8. The molecule has 0 saturated heterocycles. The van der Waals surface area contributed by atoms with Gasteiger partial charge in [-0.05, 0) is 48.9 Å². The third kappa shape index (κ3) is 6.58. The predicted molar refractivity (Wildman–Crippen MR) is 111 cm³/mol. The van der Waals surface area contributed by atoms with Crippen LogP contribution < -0.4 is 25.1 Å². The van der Waals surface area contributed by atoms with Crippen molar-refractivity contribution in [3.8, 4) is 17.2 Å². The van der Waals surface area contributed by atoms with Crippen molar-refractivity contribution in [2.24, 2.45) is 0 Å². The van der Waals surface area contributed by atoms with Crippen LogP contribution in [0.4, 0.5) is 0 Å². The number of halogens is 2. The first-order valence-electron chi connectivity index (χ1n) is 8.45. The Kier molecular flexibility index (Phi) is 8.18. The molecule has 2 aromatic carbocycles. The summed E-state index contributed by atoms with van der Waals surface area (Å²) in [5, 5.41) is 0.729. The predicted octanol–water partition coefficient (Wildman–Crippen LogP) is 3.64. The summed E-state index contributed by atoms with van der Waals surface area (Å²) in [6.07, 6.45) is 1.93. The fourth-order valence-corrected chi connectivity index (χ4v) is 2.66. The molecule has 0 radical (unpaired) electrons. The molecule has 2 N–H and O–H groups in total. The summed E-state index contributed by atoms with van der Waals surface area (Å²) in [4.78, 5) is 24.0. The van der Waals surface area contributed by atoms with Gasteiger partial charge in [0.25, 0.3) is 11.8 Å². The van der Waals surface area contributed by atoms with E-state index >= 15 is 0 Å². The van der Waals surface area contributed by atoms with Crippen molar-refractivity contribution in [1.29, 1.82) is 0 Å². The summed E-state index contributed by atoms with van der Waals surface area (Å²) >= 11 is 11.8. The van der Waals surface area contributed by atoms with Crippen LogP contribution in [-0.4, -0.2) is 32.1 Å². The molecule has 0 saturated carbocycles. The van der Waals surface area contributed by atoms with E-state index in [1.807, 2.05) is 0 Å².